The van der Waals surface area contributed by atoms with Crippen molar-refractivity contribution in [2.75, 3.05) is 4.72 Å². The monoisotopic (exact) mass is 429 g/mol. The van der Waals surface area contributed by atoms with E-state index in [9.17, 15) is 8.42 Å². The van der Waals surface area contributed by atoms with Gasteiger partial charge in [-0.2, -0.15) is 0 Å². The number of rotatable bonds is 5. The van der Waals surface area contributed by atoms with E-state index in [1.807, 2.05) is 57.2 Å². The topological polar surface area (TPSA) is 72.0 Å². The number of hydrogen-bond acceptors (Lipinski definition) is 4. The van der Waals surface area contributed by atoms with Crippen LogP contribution in [0.1, 0.15) is 16.7 Å². The van der Waals surface area contributed by atoms with Gasteiger partial charge in [0.1, 0.15) is 0 Å². The second-order valence-corrected chi connectivity index (χ2v) is 9.19. The van der Waals surface area contributed by atoms with Crippen LogP contribution in [-0.4, -0.2) is 18.4 Å². The van der Waals surface area contributed by atoms with E-state index in [1.54, 1.807) is 30.3 Å². The fourth-order valence-corrected chi connectivity index (χ4v) is 4.61. The molecular weight excluding hydrogens is 406 g/mol. The summed E-state index contributed by atoms with van der Waals surface area (Å²) in [6, 6.07) is 22.3. The summed E-state index contributed by atoms with van der Waals surface area (Å²) in [7, 11) is -3.77. The normalized spacial score (nSPS) is 11.3. The number of nitrogens with one attached hydrogen (secondary N) is 1. The minimum atomic E-state index is -3.77. The van der Waals surface area contributed by atoms with Crippen molar-refractivity contribution in [2.45, 2.75) is 25.7 Å². The molecule has 0 unspecified atom stereocenters. The van der Waals surface area contributed by atoms with Gasteiger partial charge in [-0.05, 0) is 50.1 Å². The van der Waals surface area contributed by atoms with Crippen LogP contribution in [-0.2, 0) is 10.0 Å². The molecule has 0 fully saturated rings. The Morgan fingerprint density at radius 1 is 0.774 bits per heavy atom. The van der Waals surface area contributed by atoms with Gasteiger partial charge in [0.25, 0.3) is 10.0 Å². The first-order valence-electron chi connectivity index (χ1n) is 9.94. The lowest BCUT2D eigenvalue weighted by atomic mass is 9.96. The second-order valence-electron chi connectivity index (χ2n) is 7.51. The third kappa shape index (κ3) is 4.34. The molecule has 156 valence electrons. The molecule has 0 aliphatic heterocycles. The van der Waals surface area contributed by atoms with E-state index in [4.69, 9.17) is 4.98 Å². The van der Waals surface area contributed by atoms with Crippen molar-refractivity contribution in [3.8, 4) is 22.5 Å². The Kier molecular flexibility index (Phi) is 5.57. The van der Waals surface area contributed by atoms with Crippen LogP contribution in [0.3, 0.4) is 0 Å². The van der Waals surface area contributed by atoms with Crippen molar-refractivity contribution < 1.29 is 8.42 Å². The maximum Gasteiger partial charge on any atom is 0.263 e. The van der Waals surface area contributed by atoms with E-state index in [-0.39, 0.29) is 10.7 Å². The van der Waals surface area contributed by atoms with Crippen LogP contribution in [0.15, 0.2) is 83.9 Å². The summed E-state index contributed by atoms with van der Waals surface area (Å²) in [6.45, 7) is 6.06. The average molecular weight is 430 g/mol. The summed E-state index contributed by atoms with van der Waals surface area (Å²) in [4.78, 5) is 9.54. The number of anilines is 1. The Balaban J connectivity index is 1.88. The number of sulfonamides is 1. The highest BCUT2D eigenvalue weighted by molar-refractivity contribution is 7.92. The van der Waals surface area contributed by atoms with Gasteiger partial charge in [-0.1, -0.05) is 60.2 Å². The molecule has 0 bridgehead atoms. The minimum absolute atomic E-state index is 0.174. The van der Waals surface area contributed by atoms with E-state index >= 15 is 0 Å². The smallest absolute Gasteiger partial charge is 0.262 e. The van der Waals surface area contributed by atoms with Crippen molar-refractivity contribution in [1.29, 1.82) is 0 Å². The summed E-state index contributed by atoms with van der Waals surface area (Å²) < 4.78 is 28.2. The molecule has 0 aliphatic carbocycles. The molecule has 0 amide bonds. The molecule has 1 aromatic heterocycles. The second kappa shape index (κ2) is 8.32. The van der Waals surface area contributed by atoms with Crippen molar-refractivity contribution in [1.82, 2.24) is 9.97 Å². The molecule has 5 nitrogen and oxygen atoms in total. The third-order valence-corrected chi connectivity index (χ3v) is 6.45. The Morgan fingerprint density at radius 2 is 1.45 bits per heavy atom. The number of aryl methyl sites for hydroxylation is 3. The molecule has 1 N–H and O–H groups in total. The maximum atomic E-state index is 12.8. The first-order valence-corrected chi connectivity index (χ1v) is 11.4. The van der Waals surface area contributed by atoms with E-state index in [0.29, 0.717) is 11.4 Å². The van der Waals surface area contributed by atoms with E-state index in [2.05, 4.69) is 15.8 Å². The van der Waals surface area contributed by atoms with Gasteiger partial charge in [0.2, 0.25) is 0 Å². The minimum Gasteiger partial charge on any atom is -0.262 e. The Hall–Kier alpha value is -3.51. The van der Waals surface area contributed by atoms with Crippen molar-refractivity contribution in [3.63, 3.8) is 0 Å². The number of benzene rings is 3. The predicted molar refractivity (Wildman–Crippen MR) is 124 cm³/mol. The molecule has 0 radical (unpaired) electrons. The van der Waals surface area contributed by atoms with Crippen LogP contribution in [0.5, 0.6) is 0 Å². The van der Waals surface area contributed by atoms with E-state index < -0.39 is 10.0 Å². The van der Waals surface area contributed by atoms with Crippen molar-refractivity contribution in [3.05, 3.63) is 95.7 Å². The standard InChI is InChI=1S/C25H23N3O2S/c1-17-9-7-12-20(15-17)24-25(23-18(2)10-8-11-19(23)3)27-22(16-26-24)28-31(29,30)21-13-5-4-6-14-21/h4-16H,1-3H3,(H,27,28). The quantitative estimate of drug-likeness (QED) is 0.452. The molecule has 0 aliphatic rings. The summed E-state index contributed by atoms with van der Waals surface area (Å²) in [6.07, 6.45) is 1.47. The van der Waals surface area contributed by atoms with Gasteiger partial charge in [-0.25, -0.2) is 13.4 Å². The molecule has 6 heteroatoms. The number of hydrogen-bond donors (Lipinski definition) is 1. The largest absolute Gasteiger partial charge is 0.263 e. The lowest BCUT2D eigenvalue weighted by molar-refractivity contribution is 0.601. The van der Waals surface area contributed by atoms with Crippen LogP contribution < -0.4 is 4.72 Å². The Labute approximate surface area is 182 Å². The molecule has 3 aromatic carbocycles. The predicted octanol–water partition coefficient (Wildman–Crippen LogP) is 5.54. The molecule has 0 atom stereocenters. The number of nitrogens with zero attached hydrogens (tertiary/aromatic N) is 2. The van der Waals surface area contributed by atoms with Gasteiger partial charge < -0.3 is 0 Å². The molecule has 1 heterocycles. The Morgan fingerprint density at radius 3 is 2.13 bits per heavy atom. The fourth-order valence-electron chi connectivity index (χ4n) is 3.60. The fraction of sp³-hybridized carbons (Fsp3) is 0.120. The Bertz CT molecular complexity index is 1330. The van der Waals surface area contributed by atoms with Gasteiger partial charge in [0.05, 0.1) is 22.5 Å². The molecule has 0 spiro atoms. The maximum absolute atomic E-state index is 12.8. The lowest BCUT2D eigenvalue weighted by Crippen LogP contribution is -2.14. The molecule has 0 saturated heterocycles. The van der Waals surface area contributed by atoms with E-state index in [1.165, 1.54) is 6.20 Å². The zero-order valence-electron chi connectivity index (χ0n) is 17.6. The zero-order chi connectivity index (χ0) is 22.0. The average Bonchev–Trinajstić information content (AvgIpc) is 2.74. The number of aromatic nitrogens is 2. The molecule has 31 heavy (non-hydrogen) atoms. The van der Waals surface area contributed by atoms with Gasteiger partial charge in [-0.15, -0.1) is 0 Å². The molecule has 4 rings (SSSR count). The van der Waals surface area contributed by atoms with Crippen molar-refractivity contribution in [2.24, 2.45) is 0 Å². The van der Waals surface area contributed by atoms with Gasteiger partial charge in [-0.3, -0.25) is 9.71 Å². The highest BCUT2D eigenvalue weighted by Gasteiger charge is 2.19. The van der Waals surface area contributed by atoms with Gasteiger partial charge >= 0.3 is 0 Å². The summed E-state index contributed by atoms with van der Waals surface area (Å²) in [5, 5.41) is 0. The van der Waals surface area contributed by atoms with E-state index in [0.717, 1.165) is 27.8 Å². The first-order chi connectivity index (χ1) is 14.8. The zero-order valence-corrected chi connectivity index (χ0v) is 18.4. The SMILES string of the molecule is Cc1cccc(-c2ncc(NS(=O)(=O)c3ccccc3)nc2-c2c(C)cccc2C)c1. The van der Waals surface area contributed by atoms with Crippen LogP contribution in [0.4, 0.5) is 5.82 Å². The highest BCUT2D eigenvalue weighted by atomic mass is 32.2. The van der Waals surface area contributed by atoms with Gasteiger partial charge in [0.15, 0.2) is 5.82 Å². The van der Waals surface area contributed by atoms with Crippen LogP contribution in [0.2, 0.25) is 0 Å². The molecule has 4 aromatic rings. The highest BCUT2D eigenvalue weighted by Crippen LogP contribution is 2.34. The van der Waals surface area contributed by atoms with Gasteiger partial charge in [0, 0.05) is 11.1 Å². The lowest BCUT2D eigenvalue weighted by Gasteiger charge is -2.15. The van der Waals surface area contributed by atoms with Crippen LogP contribution >= 0.6 is 0 Å². The first kappa shape index (κ1) is 20.8. The van der Waals surface area contributed by atoms with Crippen LogP contribution in [0, 0.1) is 20.8 Å². The summed E-state index contributed by atoms with van der Waals surface area (Å²) >= 11 is 0. The molecule has 0 saturated carbocycles. The van der Waals surface area contributed by atoms with Crippen LogP contribution in [0.25, 0.3) is 22.5 Å². The summed E-state index contributed by atoms with van der Waals surface area (Å²) in [5.41, 5.74) is 6.45. The molecular formula is C25H23N3O2S. The van der Waals surface area contributed by atoms with Crippen molar-refractivity contribution >= 4 is 15.8 Å². The summed E-state index contributed by atoms with van der Waals surface area (Å²) in [5.74, 6) is 0.179. The third-order valence-electron chi connectivity index (χ3n) is 5.07.